The Balaban J connectivity index is 1.58. The molecule has 2 heterocycles. The molecule has 2 aliphatic heterocycles. The molecule has 3 aliphatic rings. The molecule has 3 atom stereocenters. The van der Waals surface area contributed by atoms with Crippen LogP contribution in [0.15, 0.2) is 59.3 Å². The van der Waals surface area contributed by atoms with Gasteiger partial charge in [-0.1, -0.05) is 6.08 Å². The zero-order valence-corrected chi connectivity index (χ0v) is 16.4. The van der Waals surface area contributed by atoms with E-state index in [0.29, 0.717) is 24.3 Å². The Labute approximate surface area is 172 Å². The van der Waals surface area contributed by atoms with Gasteiger partial charge in [-0.15, -0.1) is 0 Å². The van der Waals surface area contributed by atoms with Crippen LogP contribution in [0.5, 0.6) is 5.75 Å². The summed E-state index contributed by atoms with van der Waals surface area (Å²) in [4.78, 5) is 26.4. The number of carbonyl (C=O) groups is 2. The topological polar surface area (TPSA) is 96.3 Å². The van der Waals surface area contributed by atoms with E-state index < -0.39 is 29.9 Å². The summed E-state index contributed by atoms with van der Waals surface area (Å²) in [5, 5.41) is 19.9. The Kier molecular flexibility index (Phi) is 5.34. The zero-order valence-electron chi connectivity index (χ0n) is 16.4. The molecule has 8 heteroatoms. The van der Waals surface area contributed by atoms with Crippen LogP contribution in [0.25, 0.3) is 0 Å². The third-order valence-electron chi connectivity index (χ3n) is 5.67. The number of aliphatic hydroxyl groups is 1. The van der Waals surface area contributed by atoms with Crippen LogP contribution in [-0.4, -0.2) is 52.1 Å². The van der Waals surface area contributed by atoms with Gasteiger partial charge in [-0.25, -0.2) is 4.39 Å². The minimum absolute atomic E-state index is 0.0178. The molecule has 3 unspecified atom stereocenters. The number of Topliss-reactive ketones (excluding diaryl/α,β-unsaturated/α-hetero) is 1. The second kappa shape index (κ2) is 7.95. The minimum atomic E-state index is -0.901. The molecule has 0 radical (unpaired) electrons. The highest BCUT2D eigenvalue weighted by Gasteiger charge is 2.44. The number of allylic oxidation sites excluding steroid dienone is 3. The fourth-order valence-corrected chi connectivity index (χ4v) is 4.13. The monoisotopic (exact) mass is 415 g/mol. The molecule has 4 rings (SSSR count). The van der Waals surface area contributed by atoms with E-state index in [4.69, 9.17) is 9.47 Å². The number of hydrogen-bond acceptors (Lipinski definition) is 6. The van der Waals surface area contributed by atoms with Crippen molar-refractivity contribution in [2.45, 2.75) is 31.9 Å². The Bertz CT molecular complexity index is 964. The zero-order chi connectivity index (χ0) is 21.4. The van der Waals surface area contributed by atoms with E-state index in [-0.39, 0.29) is 29.6 Å². The van der Waals surface area contributed by atoms with Gasteiger partial charge >= 0.3 is 5.97 Å². The lowest BCUT2D eigenvalue weighted by Crippen LogP contribution is -2.44. The molecule has 1 saturated heterocycles. The van der Waals surface area contributed by atoms with Gasteiger partial charge in [0.15, 0.2) is 0 Å². The van der Waals surface area contributed by atoms with Crippen LogP contribution in [0.2, 0.25) is 0 Å². The summed E-state index contributed by atoms with van der Waals surface area (Å²) in [6, 6.07) is 4.68. The van der Waals surface area contributed by atoms with E-state index in [0.717, 1.165) is 6.42 Å². The summed E-state index contributed by atoms with van der Waals surface area (Å²) >= 11 is 0. The number of likely N-dealkylation sites (tertiary alicyclic amines) is 1. The number of aliphatic hydroxyl groups excluding tert-OH is 1. The van der Waals surface area contributed by atoms with Gasteiger partial charge in [0, 0.05) is 12.1 Å². The van der Waals surface area contributed by atoms with Crippen molar-refractivity contribution < 1.29 is 33.7 Å². The van der Waals surface area contributed by atoms with Gasteiger partial charge in [-0.2, -0.15) is 0 Å². The molecule has 1 fully saturated rings. The quantitative estimate of drug-likeness (QED) is 0.763. The van der Waals surface area contributed by atoms with E-state index >= 15 is 0 Å². The lowest BCUT2D eigenvalue weighted by Gasteiger charge is -2.36. The number of halogens is 1. The number of rotatable bonds is 5. The van der Waals surface area contributed by atoms with E-state index in [2.05, 4.69) is 0 Å². The molecule has 158 valence electrons. The fourth-order valence-electron chi connectivity index (χ4n) is 4.13. The van der Waals surface area contributed by atoms with Crippen molar-refractivity contribution in [1.29, 1.82) is 0 Å². The van der Waals surface area contributed by atoms with Crippen molar-refractivity contribution in [1.82, 2.24) is 4.90 Å². The van der Waals surface area contributed by atoms with Gasteiger partial charge in [-0.05, 0) is 56.7 Å². The third kappa shape index (κ3) is 3.70. The maximum atomic E-state index is 13.1. The number of ether oxygens (including phenoxy) is 2. The Hall–Kier alpha value is -3.13. The fraction of sp³-hybridized carbons (Fsp3) is 0.364. The minimum Gasteiger partial charge on any atom is -0.508 e. The normalized spacial score (nSPS) is 26.6. The number of aliphatic carboxylic acids is 1. The summed E-state index contributed by atoms with van der Waals surface area (Å²) < 4.78 is 24.8. The number of carboxylic acid groups (broad SMARTS) is 1. The van der Waals surface area contributed by atoms with Gasteiger partial charge < -0.3 is 19.7 Å². The number of ketones is 1. The lowest BCUT2D eigenvalue weighted by molar-refractivity contribution is -0.142. The first-order valence-electron chi connectivity index (χ1n) is 9.77. The molecule has 2 N–H and O–H groups in total. The molecule has 1 aromatic carbocycles. The second-order valence-corrected chi connectivity index (χ2v) is 7.61. The number of benzene rings is 1. The Morgan fingerprint density at radius 3 is 2.77 bits per heavy atom. The number of nitrogens with zero attached hydrogens (tertiary/aromatic N) is 1. The van der Waals surface area contributed by atoms with Crippen LogP contribution < -0.4 is 4.74 Å². The predicted molar refractivity (Wildman–Crippen MR) is 104 cm³/mol. The molecule has 0 saturated carbocycles. The molecule has 0 spiro atoms. The van der Waals surface area contributed by atoms with E-state index in [9.17, 15) is 24.2 Å². The molecule has 0 bridgehead atoms. The molecular weight excluding hydrogens is 393 g/mol. The largest absolute Gasteiger partial charge is 0.508 e. The first-order chi connectivity index (χ1) is 14.3. The van der Waals surface area contributed by atoms with Crippen LogP contribution in [-0.2, 0) is 14.3 Å². The van der Waals surface area contributed by atoms with Gasteiger partial charge in [-0.3, -0.25) is 14.5 Å². The molecule has 7 nitrogen and oxygen atoms in total. The molecule has 1 aliphatic carbocycles. The van der Waals surface area contributed by atoms with Crippen molar-refractivity contribution in [3.05, 3.63) is 65.1 Å². The first-order valence-corrected chi connectivity index (χ1v) is 9.77. The summed E-state index contributed by atoms with van der Waals surface area (Å²) in [5.74, 6) is -1.77. The van der Waals surface area contributed by atoms with Gasteiger partial charge in [0.25, 0.3) is 0 Å². The van der Waals surface area contributed by atoms with Crippen molar-refractivity contribution in [3.8, 4) is 5.75 Å². The molecule has 1 aromatic rings. The highest BCUT2D eigenvalue weighted by molar-refractivity contribution is 5.99. The average molecular weight is 415 g/mol. The van der Waals surface area contributed by atoms with Crippen molar-refractivity contribution in [2.24, 2.45) is 5.92 Å². The van der Waals surface area contributed by atoms with Crippen LogP contribution in [0, 0.1) is 11.7 Å². The maximum Gasteiger partial charge on any atom is 0.320 e. The maximum absolute atomic E-state index is 13.1. The van der Waals surface area contributed by atoms with Gasteiger partial charge in [0.1, 0.15) is 35.2 Å². The summed E-state index contributed by atoms with van der Waals surface area (Å²) in [6.07, 6.45) is 3.56. The van der Waals surface area contributed by atoms with Crippen molar-refractivity contribution >= 4 is 11.8 Å². The first kappa shape index (κ1) is 20.2. The highest BCUT2D eigenvalue weighted by atomic mass is 19.1. The van der Waals surface area contributed by atoms with Gasteiger partial charge in [0.2, 0.25) is 11.5 Å². The molecule has 0 aromatic heterocycles. The highest BCUT2D eigenvalue weighted by Crippen LogP contribution is 2.37. The van der Waals surface area contributed by atoms with E-state index in [1.165, 1.54) is 30.3 Å². The molecular formula is C22H22FNO6. The second-order valence-electron chi connectivity index (χ2n) is 7.61. The number of hydrogen-bond donors (Lipinski definition) is 2. The van der Waals surface area contributed by atoms with Crippen LogP contribution >= 0.6 is 0 Å². The number of carboxylic acids is 1. The van der Waals surface area contributed by atoms with Crippen molar-refractivity contribution in [2.75, 3.05) is 13.1 Å². The van der Waals surface area contributed by atoms with Gasteiger partial charge in [0.05, 0.1) is 5.92 Å². The van der Waals surface area contributed by atoms with Crippen molar-refractivity contribution in [3.63, 3.8) is 0 Å². The standard InChI is InChI=1S/C22H22FNO6/c1-12-20(30-14-6-4-13(23)5-7-14)19(26)15-8-9-18(25)16(21(15)29-12)11-24-10-2-3-17(24)22(27)28/h4-9,15,17,21,25H,2-3,10-11H2,1H3,(H,27,28). The average Bonchev–Trinajstić information content (AvgIpc) is 3.17. The van der Waals surface area contributed by atoms with Crippen LogP contribution in [0.3, 0.4) is 0 Å². The van der Waals surface area contributed by atoms with E-state index in [1.807, 2.05) is 0 Å². The van der Waals surface area contributed by atoms with Crippen LogP contribution in [0.4, 0.5) is 4.39 Å². The molecule has 0 amide bonds. The Morgan fingerprint density at radius 1 is 1.33 bits per heavy atom. The smallest absolute Gasteiger partial charge is 0.320 e. The number of fused-ring (bicyclic) bond motifs is 1. The summed E-state index contributed by atoms with van der Waals surface area (Å²) in [5.41, 5.74) is 0.476. The van der Waals surface area contributed by atoms with Crippen LogP contribution in [0.1, 0.15) is 19.8 Å². The Morgan fingerprint density at radius 2 is 2.07 bits per heavy atom. The van der Waals surface area contributed by atoms with E-state index in [1.54, 1.807) is 17.9 Å². The number of carbonyl (C=O) groups excluding carboxylic acids is 1. The molecule has 30 heavy (non-hydrogen) atoms. The lowest BCUT2D eigenvalue weighted by atomic mass is 9.84. The predicted octanol–water partition coefficient (Wildman–Crippen LogP) is 2.95. The summed E-state index contributed by atoms with van der Waals surface area (Å²) in [7, 11) is 0. The summed E-state index contributed by atoms with van der Waals surface area (Å²) in [6.45, 7) is 2.38. The SMILES string of the molecule is CC1=C(Oc2ccc(F)cc2)C(=O)C2C=CC(O)=C(CN3CCCC3C(=O)O)C2O1. The third-order valence-corrected chi connectivity index (χ3v) is 5.67.